The summed E-state index contributed by atoms with van der Waals surface area (Å²) in [6, 6.07) is 3.64. The molecule has 19 heavy (non-hydrogen) atoms. The summed E-state index contributed by atoms with van der Waals surface area (Å²) in [5.74, 6) is 0.390. The predicted octanol–water partition coefficient (Wildman–Crippen LogP) is 0.853. The number of aromatic nitrogens is 1. The molecule has 0 aromatic carbocycles. The molecule has 1 aliphatic heterocycles. The zero-order chi connectivity index (χ0) is 13.9. The van der Waals surface area contributed by atoms with Crippen LogP contribution in [0.1, 0.15) is 25.8 Å². The van der Waals surface area contributed by atoms with E-state index in [-0.39, 0.29) is 0 Å². The molecule has 0 saturated heterocycles. The molecule has 2 rings (SSSR count). The molecule has 6 heteroatoms. The molecule has 0 saturated carbocycles. The Bertz CT molecular complexity index is 468. The van der Waals surface area contributed by atoms with Gasteiger partial charge in [-0.3, -0.25) is 10.7 Å². The van der Waals surface area contributed by atoms with Gasteiger partial charge in [0.2, 0.25) is 0 Å². The lowest BCUT2D eigenvalue weighted by molar-refractivity contribution is 0.271. The van der Waals surface area contributed by atoms with Gasteiger partial charge in [0, 0.05) is 24.7 Å². The minimum atomic E-state index is -0.795. The highest BCUT2D eigenvalue weighted by atomic mass is 15.3. The molecule has 0 amide bonds. The number of nitrogens with one attached hydrogen (secondary N) is 1. The fourth-order valence-corrected chi connectivity index (χ4v) is 2.11. The first-order valence-electron chi connectivity index (χ1n) is 6.67. The molecule has 1 unspecified atom stereocenters. The van der Waals surface area contributed by atoms with Gasteiger partial charge in [-0.25, -0.2) is 4.98 Å². The zero-order valence-corrected chi connectivity index (χ0v) is 11.6. The van der Waals surface area contributed by atoms with Crippen LogP contribution in [0.15, 0.2) is 17.1 Å². The minimum absolute atomic E-state index is 0.479. The van der Waals surface area contributed by atoms with E-state index in [0.717, 1.165) is 31.6 Å². The molecule has 1 aromatic heterocycles. The van der Waals surface area contributed by atoms with Gasteiger partial charge in [0.25, 0.3) is 0 Å². The number of rotatable bonds is 5. The summed E-state index contributed by atoms with van der Waals surface area (Å²) >= 11 is 0. The number of fused-ring (bicyclic) bond motifs is 1. The molecule has 1 aliphatic rings. The Morgan fingerprint density at radius 2 is 2.05 bits per heavy atom. The van der Waals surface area contributed by atoms with Gasteiger partial charge < -0.3 is 16.0 Å². The van der Waals surface area contributed by atoms with Crippen molar-refractivity contribution in [1.29, 1.82) is 0 Å². The second kappa shape index (κ2) is 5.54. The summed E-state index contributed by atoms with van der Waals surface area (Å²) in [5, 5.41) is 3.18. The zero-order valence-electron chi connectivity index (χ0n) is 11.6. The van der Waals surface area contributed by atoms with Crippen molar-refractivity contribution in [2.24, 2.45) is 10.7 Å². The molecule has 1 atom stereocenters. The monoisotopic (exact) mass is 262 g/mol. The van der Waals surface area contributed by atoms with Crippen LogP contribution >= 0.6 is 0 Å². The van der Waals surface area contributed by atoms with E-state index in [4.69, 9.17) is 11.5 Å². The van der Waals surface area contributed by atoms with Crippen LogP contribution in [0.25, 0.3) is 0 Å². The first-order chi connectivity index (χ1) is 9.06. The lowest BCUT2D eigenvalue weighted by Crippen LogP contribution is -2.50. The SMILES string of the molecule is CCN(CC)CCC1(N)N=Cc2ccc(N)nc2N1. The van der Waals surface area contributed by atoms with Crippen LogP contribution in [0.4, 0.5) is 11.6 Å². The minimum Gasteiger partial charge on any atom is -0.384 e. The predicted molar refractivity (Wildman–Crippen MR) is 79.2 cm³/mol. The van der Waals surface area contributed by atoms with Crippen LogP contribution in [-0.2, 0) is 0 Å². The van der Waals surface area contributed by atoms with Gasteiger partial charge >= 0.3 is 0 Å². The topological polar surface area (TPSA) is 92.6 Å². The maximum Gasteiger partial charge on any atom is 0.184 e. The van der Waals surface area contributed by atoms with Gasteiger partial charge in [-0.15, -0.1) is 0 Å². The van der Waals surface area contributed by atoms with Crippen molar-refractivity contribution >= 4 is 17.9 Å². The third-order valence-electron chi connectivity index (χ3n) is 3.42. The molecule has 0 spiro atoms. The Labute approximate surface area is 113 Å². The molecule has 0 bridgehead atoms. The third-order valence-corrected chi connectivity index (χ3v) is 3.42. The molecule has 1 aromatic rings. The molecule has 0 radical (unpaired) electrons. The van der Waals surface area contributed by atoms with E-state index in [2.05, 4.69) is 34.0 Å². The fourth-order valence-electron chi connectivity index (χ4n) is 2.11. The maximum absolute atomic E-state index is 6.27. The van der Waals surface area contributed by atoms with E-state index in [9.17, 15) is 0 Å². The summed E-state index contributed by atoms with van der Waals surface area (Å²) in [7, 11) is 0. The van der Waals surface area contributed by atoms with Crippen LogP contribution in [0.5, 0.6) is 0 Å². The highest BCUT2D eigenvalue weighted by molar-refractivity contribution is 5.89. The van der Waals surface area contributed by atoms with Gasteiger partial charge in [0.15, 0.2) is 5.79 Å². The van der Waals surface area contributed by atoms with Crippen LogP contribution in [0.2, 0.25) is 0 Å². The average Bonchev–Trinajstić information content (AvgIpc) is 2.39. The van der Waals surface area contributed by atoms with Gasteiger partial charge in [0.05, 0.1) is 0 Å². The van der Waals surface area contributed by atoms with Crippen molar-refractivity contribution in [3.8, 4) is 0 Å². The van der Waals surface area contributed by atoms with Gasteiger partial charge in [-0.05, 0) is 25.2 Å². The van der Waals surface area contributed by atoms with Crippen molar-refractivity contribution in [1.82, 2.24) is 9.88 Å². The van der Waals surface area contributed by atoms with Crippen molar-refractivity contribution in [3.63, 3.8) is 0 Å². The number of anilines is 2. The molecule has 2 heterocycles. The molecule has 5 N–H and O–H groups in total. The number of pyridine rings is 1. The van der Waals surface area contributed by atoms with Crippen LogP contribution < -0.4 is 16.8 Å². The molecule has 0 fully saturated rings. The van der Waals surface area contributed by atoms with E-state index in [1.807, 2.05) is 6.07 Å². The summed E-state index contributed by atoms with van der Waals surface area (Å²) in [6.45, 7) is 7.20. The van der Waals surface area contributed by atoms with Gasteiger partial charge in [-0.2, -0.15) is 0 Å². The smallest absolute Gasteiger partial charge is 0.184 e. The second-order valence-corrected chi connectivity index (χ2v) is 4.76. The first-order valence-corrected chi connectivity index (χ1v) is 6.67. The Balaban J connectivity index is 2.07. The summed E-state index contributed by atoms with van der Waals surface area (Å²) < 4.78 is 0. The molecular weight excluding hydrogens is 240 g/mol. The lowest BCUT2D eigenvalue weighted by Gasteiger charge is -2.32. The van der Waals surface area contributed by atoms with Crippen LogP contribution in [-0.4, -0.2) is 41.5 Å². The highest BCUT2D eigenvalue weighted by Crippen LogP contribution is 2.23. The van der Waals surface area contributed by atoms with E-state index >= 15 is 0 Å². The van der Waals surface area contributed by atoms with Crippen LogP contribution in [0, 0.1) is 0 Å². The van der Waals surface area contributed by atoms with E-state index in [0.29, 0.717) is 11.6 Å². The Kier molecular flexibility index (Phi) is 4.01. The Hall–Kier alpha value is -1.66. The van der Waals surface area contributed by atoms with Crippen molar-refractivity contribution < 1.29 is 0 Å². The van der Waals surface area contributed by atoms with Crippen molar-refractivity contribution in [2.45, 2.75) is 26.1 Å². The average molecular weight is 262 g/mol. The standard InChI is InChI=1S/C13H22N6/c1-3-19(4-2)8-7-13(15)16-9-10-5-6-11(14)17-12(10)18-13/h5-6,9H,3-4,7-8,15H2,1-2H3,(H3,14,17,18). The van der Waals surface area contributed by atoms with Gasteiger partial charge in [-0.1, -0.05) is 13.8 Å². The fraction of sp³-hybridized carbons (Fsp3) is 0.538. The maximum atomic E-state index is 6.27. The number of nitrogens with zero attached hydrogens (tertiary/aromatic N) is 3. The number of hydrogen-bond donors (Lipinski definition) is 3. The lowest BCUT2D eigenvalue weighted by atomic mass is 10.1. The number of aliphatic imine (C=N–C) groups is 1. The molecular formula is C13H22N6. The Morgan fingerprint density at radius 1 is 1.32 bits per heavy atom. The van der Waals surface area contributed by atoms with E-state index in [1.165, 1.54) is 0 Å². The quantitative estimate of drug-likeness (QED) is 0.731. The summed E-state index contributed by atoms with van der Waals surface area (Å²) in [6.07, 6.45) is 2.49. The van der Waals surface area contributed by atoms with Gasteiger partial charge in [0.1, 0.15) is 11.6 Å². The summed E-state index contributed by atoms with van der Waals surface area (Å²) in [4.78, 5) is 11.0. The highest BCUT2D eigenvalue weighted by Gasteiger charge is 2.28. The van der Waals surface area contributed by atoms with E-state index in [1.54, 1.807) is 12.3 Å². The number of nitrogens with two attached hydrogens (primary N) is 2. The first kappa shape index (κ1) is 13.8. The second-order valence-electron chi connectivity index (χ2n) is 4.76. The normalized spacial score (nSPS) is 21.3. The largest absolute Gasteiger partial charge is 0.384 e. The Morgan fingerprint density at radius 3 is 2.74 bits per heavy atom. The van der Waals surface area contributed by atoms with E-state index < -0.39 is 5.79 Å². The van der Waals surface area contributed by atoms with Crippen LogP contribution in [0.3, 0.4) is 0 Å². The number of hydrogen-bond acceptors (Lipinski definition) is 6. The molecule has 0 aliphatic carbocycles. The third kappa shape index (κ3) is 3.21. The summed E-state index contributed by atoms with van der Waals surface area (Å²) in [5.41, 5.74) is 12.9. The number of nitrogen functional groups attached to an aromatic ring is 1. The van der Waals surface area contributed by atoms with Crippen molar-refractivity contribution in [2.75, 3.05) is 30.7 Å². The molecule has 104 valence electrons. The molecule has 6 nitrogen and oxygen atoms in total. The van der Waals surface area contributed by atoms with Crippen molar-refractivity contribution in [3.05, 3.63) is 17.7 Å².